The number of nitrogens with zero attached hydrogens (tertiary/aromatic N) is 2. The molecule has 2 aliphatic rings. The highest BCUT2D eigenvalue weighted by Crippen LogP contribution is 2.41. The Balaban J connectivity index is 1.57. The number of aromatic nitrogens is 1. The summed E-state index contributed by atoms with van der Waals surface area (Å²) in [6, 6.07) is 11.4. The number of benzene rings is 1. The van der Waals surface area contributed by atoms with Crippen LogP contribution in [0.2, 0.25) is 0 Å². The molecule has 110 valence electrons. The lowest BCUT2D eigenvalue weighted by Crippen LogP contribution is -2.71. The molecule has 1 saturated heterocycles. The molecule has 2 atom stereocenters. The van der Waals surface area contributed by atoms with Crippen molar-refractivity contribution in [1.29, 1.82) is 0 Å². The average Bonchev–Trinajstić information content (AvgIpc) is 2.49. The smallest absolute Gasteiger partial charge is 0.0702 e. The van der Waals surface area contributed by atoms with Crippen molar-refractivity contribution in [2.75, 3.05) is 13.1 Å². The number of para-hydroxylation sites is 1. The molecule has 2 heterocycles. The van der Waals surface area contributed by atoms with Crippen molar-refractivity contribution in [2.45, 2.75) is 44.3 Å². The third kappa shape index (κ3) is 2.16. The molecule has 1 aliphatic carbocycles. The standard InChI is InChI=1S/C18H23N3/c1-2-18-8-7-17(18)21(10-9-20-18)13-14-11-15-5-3-4-6-16(15)19-12-14/h3-6,11-12,17,20H,2,7-10,13H2,1H3. The molecule has 4 rings (SSSR count). The maximum absolute atomic E-state index is 4.60. The van der Waals surface area contributed by atoms with Gasteiger partial charge in [0, 0.05) is 42.8 Å². The second-order valence-corrected chi connectivity index (χ2v) is 6.50. The van der Waals surface area contributed by atoms with Gasteiger partial charge in [-0.25, -0.2) is 0 Å². The Labute approximate surface area is 126 Å². The number of piperazine rings is 1. The summed E-state index contributed by atoms with van der Waals surface area (Å²) in [4.78, 5) is 7.27. The summed E-state index contributed by atoms with van der Waals surface area (Å²) in [5.41, 5.74) is 2.82. The molecule has 0 spiro atoms. The van der Waals surface area contributed by atoms with E-state index in [1.165, 1.54) is 30.2 Å². The van der Waals surface area contributed by atoms with Crippen LogP contribution >= 0.6 is 0 Å². The minimum atomic E-state index is 0.391. The maximum atomic E-state index is 4.60. The third-order valence-corrected chi connectivity index (χ3v) is 5.48. The van der Waals surface area contributed by atoms with Crippen molar-refractivity contribution >= 4 is 10.9 Å². The van der Waals surface area contributed by atoms with Crippen molar-refractivity contribution in [1.82, 2.24) is 15.2 Å². The monoisotopic (exact) mass is 281 g/mol. The van der Waals surface area contributed by atoms with E-state index in [4.69, 9.17) is 0 Å². The van der Waals surface area contributed by atoms with Gasteiger partial charge in [0.2, 0.25) is 0 Å². The predicted molar refractivity (Wildman–Crippen MR) is 86.2 cm³/mol. The van der Waals surface area contributed by atoms with Gasteiger partial charge in [0.15, 0.2) is 0 Å². The SMILES string of the molecule is CCC12CCC1N(Cc1cnc3ccccc3c1)CCN2. The van der Waals surface area contributed by atoms with Crippen LogP contribution in [0.4, 0.5) is 0 Å². The lowest BCUT2D eigenvalue weighted by molar-refractivity contribution is -0.0275. The van der Waals surface area contributed by atoms with Crippen LogP contribution in [0, 0.1) is 0 Å². The van der Waals surface area contributed by atoms with Crippen LogP contribution in [-0.4, -0.2) is 34.6 Å². The number of pyridine rings is 1. The second kappa shape index (κ2) is 5.08. The van der Waals surface area contributed by atoms with Gasteiger partial charge in [-0.1, -0.05) is 25.1 Å². The molecule has 2 unspecified atom stereocenters. The van der Waals surface area contributed by atoms with Gasteiger partial charge in [-0.05, 0) is 37.0 Å². The van der Waals surface area contributed by atoms with Gasteiger partial charge in [-0.3, -0.25) is 9.88 Å². The quantitative estimate of drug-likeness (QED) is 0.937. The van der Waals surface area contributed by atoms with Gasteiger partial charge in [-0.15, -0.1) is 0 Å². The Bertz CT molecular complexity index is 650. The van der Waals surface area contributed by atoms with E-state index in [2.05, 4.69) is 58.7 Å². The summed E-state index contributed by atoms with van der Waals surface area (Å²) in [7, 11) is 0. The van der Waals surface area contributed by atoms with Crippen molar-refractivity contribution < 1.29 is 0 Å². The number of fused-ring (bicyclic) bond motifs is 2. The van der Waals surface area contributed by atoms with Crippen LogP contribution < -0.4 is 5.32 Å². The van der Waals surface area contributed by atoms with Crippen molar-refractivity contribution in [3.8, 4) is 0 Å². The van der Waals surface area contributed by atoms with E-state index in [0.29, 0.717) is 11.6 Å². The molecule has 0 bridgehead atoms. The minimum Gasteiger partial charge on any atom is -0.308 e. The first kappa shape index (κ1) is 13.2. The summed E-state index contributed by atoms with van der Waals surface area (Å²) in [5.74, 6) is 0. The van der Waals surface area contributed by atoms with Crippen molar-refractivity contribution in [3.63, 3.8) is 0 Å². The van der Waals surface area contributed by atoms with Gasteiger partial charge < -0.3 is 5.32 Å². The second-order valence-electron chi connectivity index (χ2n) is 6.50. The molecule has 3 heteroatoms. The Morgan fingerprint density at radius 1 is 1.38 bits per heavy atom. The zero-order valence-corrected chi connectivity index (χ0v) is 12.7. The van der Waals surface area contributed by atoms with E-state index in [1.54, 1.807) is 0 Å². The molecule has 1 aliphatic heterocycles. The lowest BCUT2D eigenvalue weighted by atomic mass is 9.68. The summed E-state index contributed by atoms with van der Waals surface area (Å²) >= 11 is 0. The summed E-state index contributed by atoms with van der Waals surface area (Å²) in [5, 5.41) is 5.02. The summed E-state index contributed by atoms with van der Waals surface area (Å²) in [6.45, 7) is 5.62. The fraction of sp³-hybridized carbons (Fsp3) is 0.500. The third-order valence-electron chi connectivity index (χ3n) is 5.48. The number of hydrogen-bond acceptors (Lipinski definition) is 3. The van der Waals surface area contributed by atoms with Gasteiger partial charge in [0.05, 0.1) is 5.52 Å². The maximum Gasteiger partial charge on any atom is 0.0702 e. The highest BCUT2D eigenvalue weighted by Gasteiger charge is 2.49. The van der Waals surface area contributed by atoms with Crippen LogP contribution in [-0.2, 0) is 6.54 Å². The van der Waals surface area contributed by atoms with Gasteiger partial charge >= 0.3 is 0 Å². The Kier molecular flexibility index (Phi) is 3.20. The molecule has 0 amide bonds. The molecule has 2 aromatic rings. The van der Waals surface area contributed by atoms with Gasteiger partial charge in [0.25, 0.3) is 0 Å². The largest absolute Gasteiger partial charge is 0.308 e. The van der Waals surface area contributed by atoms with Crippen LogP contribution in [0.25, 0.3) is 10.9 Å². The number of nitrogens with one attached hydrogen (secondary N) is 1. The van der Waals surface area contributed by atoms with Crippen LogP contribution in [0.5, 0.6) is 0 Å². The first-order chi connectivity index (χ1) is 10.3. The first-order valence-electron chi connectivity index (χ1n) is 8.13. The van der Waals surface area contributed by atoms with E-state index in [-0.39, 0.29) is 0 Å². The fourth-order valence-corrected chi connectivity index (χ4v) is 4.13. The normalized spacial score (nSPS) is 29.1. The highest BCUT2D eigenvalue weighted by atomic mass is 15.3. The first-order valence-corrected chi connectivity index (χ1v) is 8.13. The predicted octanol–water partition coefficient (Wildman–Crippen LogP) is 2.95. The van der Waals surface area contributed by atoms with E-state index in [0.717, 1.165) is 25.2 Å². The molecule has 1 saturated carbocycles. The lowest BCUT2D eigenvalue weighted by Gasteiger charge is -2.58. The molecule has 0 radical (unpaired) electrons. The molecule has 1 aromatic heterocycles. The summed E-state index contributed by atoms with van der Waals surface area (Å²) in [6.07, 6.45) is 5.96. The molecule has 1 aromatic carbocycles. The zero-order chi connectivity index (χ0) is 14.3. The number of rotatable bonds is 3. The average molecular weight is 281 g/mol. The van der Waals surface area contributed by atoms with E-state index >= 15 is 0 Å². The van der Waals surface area contributed by atoms with Crippen LogP contribution in [0.15, 0.2) is 36.5 Å². The topological polar surface area (TPSA) is 28.2 Å². The molecule has 2 fully saturated rings. The Hall–Kier alpha value is -1.45. The zero-order valence-electron chi connectivity index (χ0n) is 12.7. The molecule has 3 nitrogen and oxygen atoms in total. The molecule has 21 heavy (non-hydrogen) atoms. The molecular weight excluding hydrogens is 258 g/mol. The molecule has 1 N–H and O–H groups in total. The van der Waals surface area contributed by atoms with E-state index in [1.807, 2.05) is 0 Å². The van der Waals surface area contributed by atoms with Crippen LogP contribution in [0.3, 0.4) is 0 Å². The van der Waals surface area contributed by atoms with Gasteiger partial charge in [0.1, 0.15) is 0 Å². The van der Waals surface area contributed by atoms with E-state index in [9.17, 15) is 0 Å². The van der Waals surface area contributed by atoms with Crippen molar-refractivity contribution in [3.05, 3.63) is 42.1 Å². The Morgan fingerprint density at radius 3 is 3.10 bits per heavy atom. The van der Waals surface area contributed by atoms with Gasteiger partial charge in [-0.2, -0.15) is 0 Å². The molecular formula is C18H23N3. The summed E-state index contributed by atoms with van der Waals surface area (Å²) < 4.78 is 0. The fourth-order valence-electron chi connectivity index (χ4n) is 4.13. The minimum absolute atomic E-state index is 0.391. The van der Waals surface area contributed by atoms with Crippen LogP contribution in [0.1, 0.15) is 31.7 Å². The highest BCUT2D eigenvalue weighted by molar-refractivity contribution is 5.78. The Morgan fingerprint density at radius 2 is 2.29 bits per heavy atom. The van der Waals surface area contributed by atoms with E-state index < -0.39 is 0 Å². The number of hydrogen-bond donors (Lipinski definition) is 1. The van der Waals surface area contributed by atoms with Crippen molar-refractivity contribution in [2.24, 2.45) is 0 Å².